The van der Waals surface area contributed by atoms with Gasteiger partial charge < -0.3 is 9.72 Å². The highest BCUT2D eigenvalue weighted by atomic mass is 79.9. The number of halogens is 1. The van der Waals surface area contributed by atoms with Crippen molar-refractivity contribution in [3.63, 3.8) is 0 Å². The SMILES string of the molecule is Cc1nc(COC(C)C)[nH]c(=O)c1Br. The fourth-order valence-electron chi connectivity index (χ4n) is 0.944. The zero-order valence-electron chi connectivity index (χ0n) is 8.43. The van der Waals surface area contributed by atoms with E-state index in [4.69, 9.17) is 4.74 Å². The Hall–Kier alpha value is -0.680. The molecule has 1 N–H and O–H groups in total. The van der Waals surface area contributed by atoms with E-state index in [0.29, 0.717) is 22.6 Å². The molecular formula is C9H13BrN2O2. The lowest BCUT2D eigenvalue weighted by Crippen LogP contribution is -2.16. The Bertz CT molecular complexity index is 374. The van der Waals surface area contributed by atoms with E-state index in [1.165, 1.54) is 0 Å². The molecule has 1 rings (SSSR count). The molecule has 14 heavy (non-hydrogen) atoms. The van der Waals surface area contributed by atoms with Gasteiger partial charge in [-0.05, 0) is 36.7 Å². The number of hydrogen-bond donors (Lipinski definition) is 1. The third-order valence-corrected chi connectivity index (χ3v) is 2.56. The van der Waals surface area contributed by atoms with Gasteiger partial charge in [0.05, 0.1) is 11.8 Å². The lowest BCUT2D eigenvalue weighted by Gasteiger charge is -2.07. The van der Waals surface area contributed by atoms with Gasteiger partial charge in [-0.1, -0.05) is 0 Å². The summed E-state index contributed by atoms with van der Waals surface area (Å²) in [5, 5.41) is 0. The molecule has 0 spiro atoms. The van der Waals surface area contributed by atoms with Gasteiger partial charge >= 0.3 is 0 Å². The fourth-order valence-corrected chi connectivity index (χ4v) is 1.13. The summed E-state index contributed by atoms with van der Waals surface area (Å²) in [5.41, 5.74) is 0.510. The predicted molar refractivity (Wildman–Crippen MR) is 57.2 cm³/mol. The van der Waals surface area contributed by atoms with Crippen molar-refractivity contribution in [2.75, 3.05) is 0 Å². The van der Waals surface area contributed by atoms with Crippen molar-refractivity contribution in [2.24, 2.45) is 0 Å². The van der Waals surface area contributed by atoms with Crippen LogP contribution >= 0.6 is 15.9 Å². The number of rotatable bonds is 3. The van der Waals surface area contributed by atoms with Gasteiger partial charge in [0.2, 0.25) is 0 Å². The average Bonchev–Trinajstić information content (AvgIpc) is 2.10. The Labute approximate surface area is 90.8 Å². The summed E-state index contributed by atoms with van der Waals surface area (Å²) in [6, 6.07) is 0. The number of aryl methyl sites for hydroxylation is 1. The summed E-state index contributed by atoms with van der Waals surface area (Å²) in [6.07, 6.45) is 0.129. The van der Waals surface area contributed by atoms with Gasteiger partial charge in [0.15, 0.2) is 0 Å². The molecular weight excluding hydrogens is 248 g/mol. The summed E-state index contributed by atoms with van der Waals surface area (Å²) in [4.78, 5) is 18.1. The molecule has 0 aliphatic carbocycles. The Morgan fingerprint density at radius 1 is 1.57 bits per heavy atom. The number of ether oxygens (including phenoxy) is 1. The number of hydrogen-bond acceptors (Lipinski definition) is 3. The smallest absolute Gasteiger partial charge is 0.265 e. The molecule has 0 unspecified atom stereocenters. The number of nitrogens with one attached hydrogen (secondary N) is 1. The second kappa shape index (κ2) is 4.70. The van der Waals surface area contributed by atoms with E-state index >= 15 is 0 Å². The molecule has 1 heterocycles. The molecule has 0 aliphatic heterocycles. The first-order valence-electron chi connectivity index (χ1n) is 4.37. The van der Waals surface area contributed by atoms with Crippen LogP contribution in [0.4, 0.5) is 0 Å². The van der Waals surface area contributed by atoms with Crippen LogP contribution in [0, 0.1) is 6.92 Å². The highest BCUT2D eigenvalue weighted by Gasteiger charge is 2.05. The Morgan fingerprint density at radius 3 is 2.71 bits per heavy atom. The van der Waals surface area contributed by atoms with Crippen molar-refractivity contribution in [3.05, 3.63) is 26.3 Å². The standard InChI is InChI=1S/C9H13BrN2O2/c1-5(2)14-4-7-11-6(3)8(10)9(13)12-7/h5H,4H2,1-3H3,(H,11,12,13). The first kappa shape index (κ1) is 11.4. The van der Waals surface area contributed by atoms with E-state index in [1.807, 2.05) is 13.8 Å². The van der Waals surface area contributed by atoms with E-state index in [9.17, 15) is 4.79 Å². The minimum absolute atomic E-state index is 0.129. The molecule has 0 atom stereocenters. The van der Waals surface area contributed by atoms with Crippen LogP contribution in [0.2, 0.25) is 0 Å². The highest BCUT2D eigenvalue weighted by molar-refractivity contribution is 9.10. The lowest BCUT2D eigenvalue weighted by molar-refractivity contribution is 0.0610. The summed E-state index contributed by atoms with van der Waals surface area (Å²) in [7, 11) is 0. The van der Waals surface area contributed by atoms with Crippen molar-refractivity contribution in [2.45, 2.75) is 33.5 Å². The molecule has 1 aromatic rings. The molecule has 0 radical (unpaired) electrons. The van der Waals surface area contributed by atoms with Crippen LogP contribution in [0.15, 0.2) is 9.27 Å². The van der Waals surface area contributed by atoms with E-state index in [0.717, 1.165) is 0 Å². The van der Waals surface area contributed by atoms with Crippen molar-refractivity contribution in [1.82, 2.24) is 9.97 Å². The molecule has 0 aromatic carbocycles. The fraction of sp³-hybridized carbons (Fsp3) is 0.556. The van der Waals surface area contributed by atoms with Gasteiger partial charge in [-0.15, -0.1) is 0 Å². The highest BCUT2D eigenvalue weighted by Crippen LogP contribution is 2.07. The third-order valence-electron chi connectivity index (χ3n) is 1.63. The van der Waals surface area contributed by atoms with E-state index in [1.54, 1.807) is 6.92 Å². The number of aromatic amines is 1. The van der Waals surface area contributed by atoms with Crippen LogP contribution in [0.25, 0.3) is 0 Å². The second-order valence-electron chi connectivity index (χ2n) is 3.27. The maximum atomic E-state index is 11.3. The van der Waals surface area contributed by atoms with Gasteiger partial charge in [-0.3, -0.25) is 4.79 Å². The molecule has 0 amide bonds. The topological polar surface area (TPSA) is 55.0 Å². The maximum absolute atomic E-state index is 11.3. The molecule has 1 aromatic heterocycles. The van der Waals surface area contributed by atoms with Crippen molar-refractivity contribution >= 4 is 15.9 Å². The van der Waals surface area contributed by atoms with Crippen LogP contribution in [0.3, 0.4) is 0 Å². The van der Waals surface area contributed by atoms with Gasteiger partial charge in [0.25, 0.3) is 5.56 Å². The van der Waals surface area contributed by atoms with Crippen molar-refractivity contribution in [3.8, 4) is 0 Å². The number of nitrogens with zero attached hydrogens (tertiary/aromatic N) is 1. The van der Waals surface area contributed by atoms with Gasteiger partial charge in [-0.2, -0.15) is 0 Å². The lowest BCUT2D eigenvalue weighted by atomic mass is 10.4. The zero-order chi connectivity index (χ0) is 10.7. The third kappa shape index (κ3) is 2.92. The monoisotopic (exact) mass is 260 g/mol. The van der Waals surface area contributed by atoms with E-state index < -0.39 is 0 Å². The molecule has 0 aliphatic rings. The summed E-state index contributed by atoms with van der Waals surface area (Å²) in [6.45, 7) is 5.98. The Balaban J connectivity index is 2.85. The normalized spacial score (nSPS) is 10.9. The van der Waals surface area contributed by atoms with Crippen molar-refractivity contribution < 1.29 is 4.74 Å². The van der Waals surface area contributed by atoms with Crippen molar-refractivity contribution in [1.29, 1.82) is 0 Å². The summed E-state index contributed by atoms with van der Waals surface area (Å²) >= 11 is 3.15. The first-order valence-corrected chi connectivity index (χ1v) is 5.17. The molecule has 0 fully saturated rings. The summed E-state index contributed by atoms with van der Waals surface area (Å²) in [5.74, 6) is 0.560. The van der Waals surface area contributed by atoms with Crippen LogP contribution in [-0.4, -0.2) is 16.1 Å². The first-order chi connectivity index (χ1) is 6.50. The Morgan fingerprint density at radius 2 is 2.21 bits per heavy atom. The largest absolute Gasteiger partial charge is 0.371 e. The molecule has 78 valence electrons. The molecule has 5 heteroatoms. The predicted octanol–water partition coefficient (Wildman–Crippen LogP) is 1.77. The van der Waals surface area contributed by atoms with Crippen LogP contribution in [-0.2, 0) is 11.3 Å². The quantitative estimate of drug-likeness (QED) is 0.902. The minimum Gasteiger partial charge on any atom is -0.371 e. The molecule has 0 saturated carbocycles. The molecule has 4 nitrogen and oxygen atoms in total. The zero-order valence-corrected chi connectivity index (χ0v) is 10.0. The second-order valence-corrected chi connectivity index (χ2v) is 4.06. The van der Waals surface area contributed by atoms with Crippen LogP contribution in [0.5, 0.6) is 0 Å². The van der Waals surface area contributed by atoms with E-state index in [2.05, 4.69) is 25.9 Å². The van der Waals surface area contributed by atoms with Crippen LogP contribution in [0.1, 0.15) is 25.4 Å². The minimum atomic E-state index is -0.167. The molecule has 0 saturated heterocycles. The maximum Gasteiger partial charge on any atom is 0.265 e. The summed E-state index contributed by atoms with van der Waals surface area (Å²) < 4.78 is 5.81. The van der Waals surface area contributed by atoms with Crippen LogP contribution < -0.4 is 5.56 Å². The number of aromatic nitrogens is 2. The average molecular weight is 261 g/mol. The van der Waals surface area contributed by atoms with Gasteiger partial charge in [0, 0.05) is 0 Å². The van der Waals surface area contributed by atoms with Gasteiger partial charge in [0.1, 0.15) is 16.9 Å². The van der Waals surface area contributed by atoms with E-state index in [-0.39, 0.29) is 11.7 Å². The van der Waals surface area contributed by atoms with Gasteiger partial charge in [-0.25, -0.2) is 4.98 Å². The Kier molecular flexibility index (Phi) is 3.83. The number of H-pyrrole nitrogens is 1. The molecule has 0 bridgehead atoms.